The first kappa shape index (κ1) is 19.6. The van der Waals surface area contributed by atoms with Crippen molar-refractivity contribution in [3.8, 4) is 0 Å². The number of nitrogens with one attached hydrogen (secondary N) is 4. The molecule has 0 amide bonds. The lowest BCUT2D eigenvalue weighted by atomic mass is 10.1. The van der Waals surface area contributed by atoms with Gasteiger partial charge in [-0.1, -0.05) is 18.2 Å². The third-order valence-corrected chi connectivity index (χ3v) is 6.17. The van der Waals surface area contributed by atoms with Crippen LogP contribution in [-0.2, 0) is 21.2 Å². The number of fused-ring (bicyclic) bond motifs is 2. The van der Waals surface area contributed by atoms with E-state index in [4.69, 9.17) is 0 Å². The van der Waals surface area contributed by atoms with E-state index in [2.05, 4.69) is 19.7 Å². The van der Waals surface area contributed by atoms with E-state index in [1.807, 2.05) is 18.2 Å². The summed E-state index contributed by atoms with van der Waals surface area (Å²) in [7, 11) is -4.23. The molecule has 0 aliphatic carbocycles. The summed E-state index contributed by atoms with van der Waals surface area (Å²) in [6.07, 6.45) is 1.57. The maximum Gasteiger partial charge on any atom is 0.322 e. The van der Waals surface area contributed by atoms with Crippen LogP contribution in [0.25, 0.3) is 21.9 Å². The van der Waals surface area contributed by atoms with E-state index in [0.29, 0.717) is 5.56 Å². The van der Waals surface area contributed by atoms with Gasteiger partial charge in [0, 0.05) is 23.5 Å². The SMILES string of the molecule is O=C(O)C(Cc1c[nH]c2ccccc12)NS(=O)(=O)c1ccc2[nH]c(=O)c(=O)[nH]c2c1. The number of H-pyrrole nitrogens is 3. The van der Waals surface area contributed by atoms with Crippen LogP contribution in [0.4, 0.5) is 0 Å². The highest BCUT2D eigenvalue weighted by Crippen LogP contribution is 2.20. The van der Waals surface area contributed by atoms with E-state index < -0.39 is 33.2 Å². The van der Waals surface area contributed by atoms with Gasteiger partial charge >= 0.3 is 17.1 Å². The Hall–Kier alpha value is -3.70. The van der Waals surface area contributed by atoms with E-state index in [0.717, 1.165) is 17.0 Å². The molecule has 2 heterocycles. The highest BCUT2D eigenvalue weighted by atomic mass is 32.2. The van der Waals surface area contributed by atoms with Crippen LogP contribution in [0.2, 0.25) is 0 Å². The average Bonchev–Trinajstić information content (AvgIpc) is 3.11. The second kappa shape index (κ2) is 7.28. The first-order chi connectivity index (χ1) is 14.2. The molecule has 2 aromatic carbocycles. The minimum absolute atomic E-state index is 0.0731. The number of benzene rings is 2. The summed E-state index contributed by atoms with van der Waals surface area (Å²) in [6.45, 7) is 0. The van der Waals surface area contributed by atoms with Crippen LogP contribution in [0.3, 0.4) is 0 Å². The van der Waals surface area contributed by atoms with Crippen molar-refractivity contribution in [2.24, 2.45) is 0 Å². The van der Waals surface area contributed by atoms with Gasteiger partial charge in [0.25, 0.3) is 0 Å². The summed E-state index contributed by atoms with van der Waals surface area (Å²) in [4.78, 5) is 42.0. The molecule has 2 aromatic heterocycles. The topological polar surface area (TPSA) is 165 Å². The van der Waals surface area contributed by atoms with Gasteiger partial charge in [0.2, 0.25) is 10.0 Å². The fourth-order valence-electron chi connectivity index (χ4n) is 3.22. The van der Waals surface area contributed by atoms with Crippen LogP contribution in [0.5, 0.6) is 0 Å². The van der Waals surface area contributed by atoms with Crippen LogP contribution < -0.4 is 15.8 Å². The largest absolute Gasteiger partial charge is 0.480 e. The highest BCUT2D eigenvalue weighted by molar-refractivity contribution is 7.89. The summed E-state index contributed by atoms with van der Waals surface area (Å²) in [6, 6.07) is 9.55. The highest BCUT2D eigenvalue weighted by Gasteiger charge is 2.27. The third kappa shape index (κ3) is 3.63. The van der Waals surface area contributed by atoms with Crippen LogP contribution in [0, 0.1) is 0 Å². The van der Waals surface area contributed by atoms with Gasteiger partial charge in [-0.3, -0.25) is 14.4 Å². The van der Waals surface area contributed by atoms with Crippen LogP contribution >= 0.6 is 0 Å². The monoisotopic (exact) mass is 428 g/mol. The molecule has 30 heavy (non-hydrogen) atoms. The maximum absolute atomic E-state index is 12.8. The molecular formula is C19H16N4O6S. The Morgan fingerprint density at radius 1 is 1.00 bits per heavy atom. The van der Waals surface area contributed by atoms with Crippen LogP contribution in [0.15, 0.2) is 63.1 Å². The Kier molecular flexibility index (Phi) is 4.76. The van der Waals surface area contributed by atoms with Crippen LogP contribution in [-0.4, -0.2) is 40.5 Å². The molecule has 0 bridgehead atoms. The third-order valence-electron chi connectivity index (χ3n) is 4.70. The zero-order valence-electron chi connectivity index (χ0n) is 15.3. The second-order valence-corrected chi connectivity index (χ2v) is 8.41. The molecule has 4 aromatic rings. The standard InChI is InChI=1S/C19H16N4O6S/c24-17-18(25)22-15-8-11(5-6-14(15)21-17)30(28,29)23-16(19(26)27)7-10-9-20-13-4-2-1-3-12(10)13/h1-6,8-9,16,20,23H,7H2,(H,21,24)(H,22,25)(H,26,27). The van der Waals surface area contributed by atoms with Gasteiger partial charge < -0.3 is 20.1 Å². The van der Waals surface area contributed by atoms with E-state index in [9.17, 15) is 27.9 Å². The van der Waals surface area contributed by atoms with Gasteiger partial charge in [0.1, 0.15) is 6.04 Å². The number of aliphatic carboxylic acids is 1. The molecule has 0 aliphatic rings. The Bertz CT molecular complexity index is 1500. The number of carbonyl (C=O) groups is 1. The fraction of sp³-hybridized carbons (Fsp3) is 0.105. The smallest absolute Gasteiger partial charge is 0.322 e. The maximum atomic E-state index is 12.8. The molecule has 1 unspecified atom stereocenters. The summed E-state index contributed by atoms with van der Waals surface area (Å²) >= 11 is 0. The van der Waals surface area contributed by atoms with Crippen molar-refractivity contribution in [2.75, 3.05) is 0 Å². The Morgan fingerprint density at radius 3 is 2.43 bits per heavy atom. The van der Waals surface area contributed by atoms with Crippen molar-refractivity contribution in [3.63, 3.8) is 0 Å². The lowest BCUT2D eigenvalue weighted by Crippen LogP contribution is -2.42. The molecule has 0 aliphatic heterocycles. The number of rotatable bonds is 6. The predicted molar refractivity (Wildman–Crippen MR) is 109 cm³/mol. The predicted octanol–water partition coefficient (Wildman–Crippen LogP) is 0.672. The molecule has 11 heteroatoms. The van der Waals surface area contributed by atoms with Crippen molar-refractivity contribution < 1.29 is 18.3 Å². The summed E-state index contributed by atoms with van der Waals surface area (Å²) in [5.74, 6) is -1.33. The van der Waals surface area contributed by atoms with Crippen molar-refractivity contribution >= 4 is 37.9 Å². The molecule has 1 atom stereocenters. The summed E-state index contributed by atoms with van der Waals surface area (Å²) in [5, 5.41) is 10.4. The van der Waals surface area contributed by atoms with Gasteiger partial charge in [-0.25, -0.2) is 8.42 Å². The van der Waals surface area contributed by atoms with Gasteiger partial charge in [-0.05, 0) is 29.8 Å². The molecule has 0 spiro atoms. The first-order valence-corrected chi connectivity index (χ1v) is 10.3. The molecule has 0 fully saturated rings. The number of hydrogen-bond donors (Lipinski definition) is 5. The van der Waals surface area contributed by atoms with E-state index in [1.54, 1.807) is 12.3 Å². The molecule has 0 radical (unpaired) electrons. The van der Waals surface area contributed by atoms with Crippen LogP contribution in [0.1, 0.15) is 5.56 Å². The Morgan fingerprint density at radius 2 is 1.70 bits per heavy atom. The van der Waals surface area contributed by atoms with E-state index >= 15 is 0 Å². The van der Waals surface area contributed by atoms with Gasteiger partial charge in [-0.2, -0.15) is 4.72 Å². The normalized spacial score (nSPS) is 12.9. The number of para-hydroxylation sites is 1. The number of hydrogen-bond acceptors (Lipinski definition) is 5. The molecule has 5 N–H and O–H groups in total. The van der Waals surface area contributed by atoms with Gasteiger partial charge in [0.05, 0.1) is 15.9 Å². The minimum atomic E-state index is -4.23. The zero-order valence-corrected chi connectivity index (χ0v) is 16.1. The number of carboxylic acids is 1. The van der Waals surface area contributed by atoms with Crippen molar-refractivity contribution in [1.82, 2.24) is 19.7 Å². The van der Waals surface area contributed by atoms with Crippen molar-refractivity contribution in [2.45, 2.75) is 17.4 Å². The first-order valence-electron chi connectivity index (χ1n) is 8.81. The summed E-state index contributed by atoms with van der Waals surface area (Å²) in [5.41, 5.74) is 0.0276. The number of sulfonamides is 1. The second-order valence-electron chi connectivity index (χ2n) is 6.69. The minimum Gasteiger partial charge on any atom is -0.480 e. The molecule has 154 valence electrons. The Balaban J connectivity index is 1.66. The molecule has 10 nitrogen and oxygen atoms in total. The molecule has 0 saturated heterocycles. The van der Waals surface area contributed by atoms with Crippen molar-refractivity contribution in [3.05, 3.63) is 74.9 Å². The zero-order chi connectivity index (χ0) is 21.5. The number of carboxylic acid groups (broad SMARTS) is 1. The quantitative estimate of drug-likeness (QED) is 0.283. The molecular weight excluding hydrogens is 412 g/mol. The van der Waals surface area contributed by atoms with E-state index in [-0.39, 0.29) is 22.3 Å². The number of aromatic amines is 3. The summed E-state index contributed by atoms with van der Waals surface area (Å²) < 4.78 is 27.8. The van der Waals surface area contributed by atoms with Crippen molar-refractivity contribution in [1.29, 1.82) is 0 Å². The van der Waals surface area contributed by atoms with Gasteiger partial charge in [0.15, 0.2) is 0 Å². The number of aromatic nitrogens is 3. The molecule has 0 saturated carbocycles. The fourth-order valence-corrected chi connectivity index (χ4v) is 4.43. The lowest BCUT2D eigenvalue weighted by molar-refractivity contribution is -0.138. The average molecular weight is 428 g/mol. The van der Waals surface area contributed by atoms with Gasteiger partial charge in [-0.15, -0.1) is 0 Å². The van der Waals surface area contributed by atoms with E-state index in [1.165, 1.54) is 12.1 Å². The lowest BCUT2D eigenvalue weighted by Gasteiger charge is -2.15. The Labute approximate surface area is 168 Å². The molecule has 4 rings (SSSR count).